The van der Waals surface area contributed by atoms with Gasteiger partial charge in [-0.1, -0.05) is 42.4 Å². The summed E-state index contributed by atoms with van der Waals surface area (Å²) in [6.07, 6.45) is 3.19. The third-order valence-corrected chi connectivity index (χ3v) is 10.5. The fourth-order valence-corrected chi connectivity index (χ4v) is 7.75. The van der Waals surface area contributed by atoms with Crippen LogP contribution in [0.5, 0.6) is 6.01 Å². The second kappa shape index (κ2) is 13.1. The molecule has 48 heavy (non-hydrogen) atoms. The fourth-order valence-electron chi connectivity index (χ4n) is 7.48. The highest BCUT2D eigenvalue weighted by Crippen LogP contribution is 2.40. The van der Waals surface area contributed by atoms with Crippen LogP contribution in [0, 0.1) is 16.7 Å². The molecule has 0 radical (unpaired) electrons. The second-order valence-electron chi connectivity index (χ2n) is 13.8. The van der Waals surface area contributed by atoms with E-state index in [1.54, 1.807) is 0 Å². The molecular weight excluding hydrogens is 633 g/mol. The average molecular weight is 674 g/mol. The van der Waals surface area contributed by atoms with E-state index in [4.69, 9.17) is 31.0 Å². The number of hydrogen-bond donors (Lipinski definition) is 0. The van der Waals surface area contributed by atoms with Crippen molar-refractivity contribution in [2.75, 3.05) is 62.8 Å². The van der Waals surface area contributed by atoms with Gasteiger partial charge in [0, 0.05) is 54.9 Å². The number of piperazine rings is 1. The van der Waals surface area contributed by atoms with Crippen LogP contribution in [-0.4, -0.2) is 96.8 Å². The van der Waals surface area contributed by atoms with Crippen molar-refractivity contribution >= 4 is 39.8 Å². The quantitative estimate of drug-likeness (QED) is 0.271. The van der Waals surface area contributed by atoms with E-state index in [-0.39, 0.29) is 24.4 Å². The summed E-state index contributed by atoms with van der Waals surface area (Å²) in [7, 11) is 2.17. The van der Waals surface area contributed by atoms with E-state index < -0.39 is 17.8 Å². The van der Waals surface area contributed by atoms with Gasteiger partial charge in [0.1, 0.15) is 12.4 Å². The first-order valence-electron chi connectivity index (χ1n) is 16.7. The first-order valence-corrected chi connectivity index (χ1v) is 17.1. The van der Waals surface area contributed by atoms with Gasteiger partial charge in [0.15, 0.2) is 5.83 Å². The van der Waals surface area contributed by atoms with Gasteiger partial charge in [0.2, 0.25) is 0 Å². The summed E-state index contributed by atoms with van der Waals surface area (Å²) in [5.74, 6) is -1.06. The highest BCUT2D eigenvalue weighted by molar-refractivity contribution is 6.36. The summed E-state index contributed by atoms with van der Waals surface area (Å²) in [6, 6.07) is 14.9. The molecule has 3 fully saturated rings. The summed E-state index contributed by atoms with van der Waals surface area (Å²) in [6.45, 7) is 9.47. The molecule has 1 aromatic heterocycles. The third-order valence-electron chi connectivity index (χ3n) is 10.2. The van der Waals surface area contributed by atoms with Crippen molar-refractivity contribution in [3.05, 3.63) is 65.1 Å². The van der Waals surface area contributed by atoms with Gasteiger partial charge in [0.25, 0.3) is 5.91 Å². The summed E-state index contributed by atoms with van der Waals surface area (Å²) < 4.78 is 26.1. The highest BCUT2D eigenvalue weighted by atomic mass is 35.5. The number of anilines is 2. The Kier molecular flexibility index (Phi) is 8.92. The van der Waals surface area contributed by atoms with Crippen LogP contribution in [0.4, 0.5) is 15.9 Å². The molecule has 1 unspecified atom stereocenters. The lowest BCUT2D eigenvalue weighted by Gasteiger charge is -2.44. The minimum absolute atomic E-state index is 0.0647. The van der Waals surface area contributed by atoms with Crippen LogP contribution in [0.15, 0.2) is 48.8 Å². The van der Waals surface area contributed by atoms with Gasteiger partial charge in [-0.3, -0.25) is 4.79 Å². The Morgan fingerprint density at radius 2 is 2.00 bits per heavy atom. The first kappa shape index (κ1) is 32.6. The molecule has 3 aromatic rings. The maximum Gasteiger partial charge on any atom is 0.318 e. The molecule has 2 aromatic carbocycles. The number of nitriles is 1. The van der Waals surface area contributed by atoms with Crippen molar-refractivity contribution in [1.29, 1.82) is 5.26 Å². The second-order valence-corrected chi connectivity index (χ2v) is 14.3. The van der Waals surface area contributed by atoms with E-state index in [0.29, 0.717) is 63.0 Å². The minimum atomic E-state index is -1.02. The molecule has 0 N–H and O–H groups in total. The number of benzene rings is 2. The molecule has 1 amide bonds. The molecule has 10 nitrogen and oxygen atoms in total. The number of amides is 1. The Morgan fingerprint density at radius 1 is 1.23 bits per heavy atom. The van der Waals surface area contributed by atoms with Crippen molar-refractivity contribution in [2.45, 2.75) is 57.3 Å². The van der Waals surface area contributed by atoms with Crippen molar-refractivity contribution in [1.82, 2.24) is 19.8 Å². The molecule has 2 atom stereocenters. The molecule has 252 valence electrons. The lowest BCUT2D eigenvalue weighted by molar-refractivity contribution is -0.143. The van der Waals surface area contributed by atoms with Crippen molar-refractivity contribution in [2.24, 2.45) is 5.41 Å². The van der Waals surface area contributed by atoms with Crippen LogP contribution >= 0.6 is 11.6 Å². The summed E-state index contributed by atoms with van der Waals surface area (Å²) >= 11 is 6.76. The van der Waals surface area contributed by atoms with Crippen LogP contribution in [-0.2, 0) is 22.5 Å². The zero-order valence-electron chi connectivity index (χ0n) is 27.5. The van der Waals surface area contributed by atoms with E-state index in [2.05, 4.69) is 65.6 Å². The van der Waals surface area contributed by atoms with Gasteiger partial charge in [-0.2, -0.15) is 15.2 Å². The van der Waals surface area contributed by atoms with Gasteiger partial charge < -0.3 is 29.1 Å². The number of aromatic nitrogens is 2. The molecule has 7 rings (SSSR count). The molecule has 0 bridgehead atoms. The largest absolute Gasteiger partial charge is 0.463 e. The number of fused-ring (bicyclic) bond motifs is 2. The number of hydrogen-bond acceptors (Lipinski definition) is 9. The van der Waals surface area contributed by atoms with Gasteiger partial charge in [-0.25, -0.2) is 4.39 Å². The van der Waals surface area contributed by atoms with E-state index in [0.717, 1.165) is 40.1 Å². The van der Waals surface area contributed by atoms with Crippen LogP contribution in [0.1, 0.15) is 37.4 Å². The zero-order chi connectivity index (χ0) is 33.6. The molecule has 0 spiro atoms. The topological polar surface area (TPSA) is 98.1 Å². The standard InChI is InChI=1S/C36H41ClFN7O3/c1-23-16-28-30(18-45(23)31-9-5-7-25-6-4-8-29(37)32(25)31)40-35(48-22-36(20-47-21-36)19-42(3)26-10-11-26)41-33(28)43-14-15-44(34(46)24(2)38)27(17-43)12-13-39/h4-9,23,26-27H,2,10-12,14-22H2,1,3H3/t23-,27?/m1/s1. The molecule has 4 heterocycles. The predicted molar refractivity (Wildman–Crippen MR) is 183 cm³/mol. The van der Waals surface area contributed by atoms with Crippen LogP contribution in [0.3, 0.4) is 0 Å². The van der Waals surface area contributed by atoms with Gasteiger partial charge in [-0.05, 0) is 50.8 Å². The first-order chi connectivity index (χ1) is 23.2. The number of carbonyl (C=O) groups excluding carboxylic acids is 1. The SMILES string of the molecule is C=C(F)C(=O)N1CCN(c2nc(OCC3(CN(C)C4CC4)COC3)nc3c2C[C@@H](C)N(c2cccc4cccc(Cl)c24)C3)CC1CC#N. The maximum absolute atomic E-state index is 13.9. The van der Waals surface area contributed by atoms with E-state index in [9.17, 15) is 14.4 Å². The number of halogens is 2. The molecule has 1 saturated carbocycles. The lowest BCUT2D eigenvalue weighted by atomic mass is 9.86. The Morgan fingerprint density at radius 3 is 2.69 bits per heavy atom. The van der Waals surface area contributed by atoms with E-state index >= 15 is 0 Å². The monoisotopic (exact) mass is 673 g/mol. The summed E-state index contributed by atoms with van der Waals surface area (Å²) in [4.78, 5) is 30.9. The normalized spacial score (nSPS) is 21.9. The molecule has 3 aliphatic heterocycles. The molecule has 12 heteroatoms. The molecule has 4 aliphatic rings. The van der Waals surface area contributed by atoms with Crippen molar-refractivity contribution in [3.8, 4) is 12.1 Å². The lowest BCUT2D eigenvalue weighted by Crippen LogP contribution is -2.56. The van der Waals surface area contributed by atoms with Gasteiger partial charge in [0.05, 0.1) is 54.4 Å². The predicted octanol–water partition coefficient (Wildman–Crippen LogP) is 5.14. The molecule has 2 saturated heterocycles. The highest BCUT2D eigenvalue weighted by Gasteiger charge is 2.43. The fraction of sp³-hybridized carbons (Fsp3) is 0.500. The smallest absolute Gasteiger partial charge is 0.318 e. The minimum Gasteiger partial charge on any atom is -0.463 e. The number of ether oxygens (including phenoxy) is 2. The van der Waals surface area contributed by atoms with Crippen LogP contribution < -0.4 is 14.5 Å². The third kappa shape index (κ3) is 6.29. The summed E-state index contributed by atoms with van der Waals surface area (Å²) in [5.41, 5.74) is 2.78. The number of carbonyl (C=O) groups is 1. The zero-order valence-corrected chi connectivity index (χ0v) is 28.3. The average Bonchev–Trinajstić information content (AvgIpc) is 3.91. The molecule has 1 aliphatic carbocycles. The van der Waals surface area contributed by atoms with E-state index in [1.165, 1.54) is 17.7 Å². The Balaban J connectivity index is 1.23. The van der Waals surface area contributed by atoms with Gasteiger partial charge in [-0.15, -0.1) is 0 Å². The van der Waals surface area contributed by atoms with Crippen LogP contribution in [0.2, 0.25) is 5.02 Å². The summed E-state index contributed by atoms with van der Waals surface area (Å²) in [5, 5.41) is 12.4. The Hall–Kier alpha value is -3.98. The van der Waals surface area contributed by atoms with E-state index in [1.807, 2.05) is 12.1 Å². The number of nitrogens with zero attached hydrogens (tertiary/aromatic N) is 7. The van der Waals surface area contributed by atoms with Crippen LogP contribution in [0.25, 0.3) is 10.8 Å². The van der Waals surface area contributed by atoms with Crippen molar-refractivity contribution in [3.63, 3.8) is 0 Å². The van der Waals surface area contributed by atoms with Crippen molar-refractivity contribution < 1.29 is 18.7 Å². The van der Waals surface area contributed by atoms with Gasteiger partial charge >= 0.3 is 6.01 Å². The Bertz CT molecular complexity index is 1770. The maximum atomic E-state index is 13.9. The number of rotatable bonds is 10. The molecular formula is C36H41ClFN7O3. The Labute approximate surface area is 285 Å².